The first-order valence-electron chi connectivity index (χ1n) is 5.48. The lowest BCUT2D eigenvalue weighted by Gasteiger charge is -2.04. The van der Waals surface area contributed by atoms with Crippen LogP contribution < -0.4 is 5.32 Å². The molecule has 0 aliphatic heterocycles. The molecule has 0 unspecified atom stereocenters. The third-order valence-electron chi connectivity index (χ3n) is 2.06. The Labute approximate surface area is 104 Å². The lowest BCUT2D eigenvalue weighted by Crippen LogP contribution is -2.24. The fourth-order valence-corrected chi connectivity index (χ4v) is 2.06. The number of hydrogen-bond donors (Lipinski definition) is 1. The molecule has 2 nitrogen and oxygen atoms in total. The second kappa shape index (κ2) is 7.27. The van der Waals surface area contributed by atoms with Gasteiger partial charge in [0.15, 0.2) is 11.6 Å². The summed E-state index contributed by atoms with van der Waals surface area (Å²) in [6, 6.07) is 3.74. The van der Waals surface area contributed by atoms with E-state index in [0.717, 1.165) is 18.6 Å². The Bertz CT molecular complexity index is 385. The minimum absolute atomic E-state index is 0.0121. The number of nitrogens with one attached hydrogen (secondary N) is 1. The third kappa shape index (κ3) is 5.17. The monoisotopic (exact) mass is 259 g/mol. The summed E-state index contributed by atoms with van der Waals surface area (Å²) in [7, 11) is 0. The highest BCUT2D eigenvalue weighted by atomic mass is 32.2. The van der Waals surface area contributed by atoms with Gasteiger partial charge in [0.25, 0.3) is 0 Å². The average molecular weight is 259 g/mol. The number of benzene rings is 1. The predicted molar refractivity (Wildman–Crippen MR) is 65.0 cm³/mol. The zero-order valence-corrected chi connectivity index (χ0v) is 10.4. The number of carbonyl (C=O) groups excluding carboxylic acids is 1. The number of rotatable bonds is 6. The molecule has 1 aromatic rings. The Kier molecular flexibility index (Phi) is 5.97. The van der Waals surface area contributed by atoms with E-state index >= 15 is 0 Å². The molecular formula is C12H15F2NOS. The molecule has 0 aromatic heterocycles. The van der Waals surface area contributed by atoms with E-state index in [-0.39, 0.29) is 5.91 Å². The van der Waals surface area contributed by atoms with Crippen LogP contribution in [0.4, 0.5) is 8.78 Å². The Balaban J connectivity index is 2.30. The van der Waals surface area contributed by atoms with Crippen LogP contribution in [0, 0.1) is 11.6 Å². The minimum Gasteiger partial charge on any atom is -0.356 e. The molecule has 0 heterocycles. The minimum atomic E-state index is -0.856. The van der Waals surface area contributed by atoms with E-state index in [1.165, 1.54) is 17.8 Å². The number of carbonyl (C=O) groups is 1. The van der Waals surface area contributed by atoms with Crippen molar-refractivity contribution >= 4 is 17.7 Å². The van der Waals surface area contributed by atoms with Crippen molar-refractivity contribution in [3.8, 4) is 0 Å². The summed E-state index contributed by atoms with van der Waals surface area (Å²) >= 11 is 1.34. The van der Waals surface area contributed by atoms with Crippen LogP contribution in [0.2, 0.25) is 0 Å². The maximum Gasteiger partial charge on any atom is 0.220 e. The maximum atomic E-state index is 12.9. The van der Waals surface area contributed by atoms with Crippen LogP contribution in [0.15, 0.2) is 23.1 Å². The van der Waals surface area contributed by atoms with Crippen LogP contribution in [0.3, 0.4) is 0 Å². The van der Waals surface area contributed by atoms with Crippen molar-refractivity contribution in [3.05, 3.63) is 29.8 Å². The van der Waals surface area contributed by atoms with Gasteiger partial charge in [0.1, 0.15) is 0 Å². The van der Waals surface area contributed by atoms with E-state index in [9.17, 15) is 13.6 Å². The van der Waals surface area contributed by atoms with Crippen molar-refractivity contribution in [3.63, 3.8) is 0 Å². The molecule has 94 valence electrons. The van der Waals surface area contributed by atoms with Gasteiger partial charge in [-0.05, 0) is 24.6 Å². The predicted octanol–water partition coefficient (Wildman–Crippen LogP) is 2.97. The average Bonchev–Trinajstić information content (AvgIpc) is 2.31. The quantitative estimate of drug-likeness (QED) is 0.796. The van der Waals surface area contributed by atoms with E-state index in [1.54, 1.807) is 0 Å². The van der Waals surface area contributed by atoms with Gasteiger partial charge in [-0.15, -0.1) is 11.8 Å². The maximum absolute atomic E-state index is 12.9. The Morgan fingerprint density at radius 1 is 1.35 bits per heavy atom. The zero-order valence-electron chi connectivity index (χ0n) is 9.63. The van der Waals surface area contributed by atoms with Crippen LogP contribution >= 0.6 is 11.8 Å². The second-order valence-electron chi connectivity index (χ2n) is 3.52. The summed E-state index contributed by atoms with van der Waals surface area (Å²) in [4.78, 5) is 11.9. The molecule has 1 rings (SSSR count). The van der Waals surface area contributed by atoms with Crippen LogP contribution in [0.25, 0.3) is 0 Å². The highest BCUT2D eigenvalue weighted by molar-refractivity contribution is 7.99. The molecule has 0 bridgehead atoms. The molecule has 0 spiro atoms. The topological polar surface area (TPSA) is 29.1 Å². The first kappa shape index (κ1) is 14.0. The first-order chi connectivity index (χ1) is 8.13. The van der Waals surface area contributed by atoms with E-state index in [2.05, 4.69) is 5.32 Å². The molecular weight excluding hydrogens is 244 g/mol. The van der Waals surface area contributed by atoms with Crippen molar-refractivity contribution in [1.29, 1.82) is 0 Å². The Hall–Kier alpha value is -1.10. The van der Waals surface area contributed by atoms with Crippen molar-refractivity contribution in [2.75, 3.05) is 12.3 Å². The van der Waals surface area contributed by atoms with Gasteiger partial charge in [0.05, 0.1) is 0 Å². The summed E-state index contributed by atoms with van der Waals surface area (Å²) in [6.07, 6.45) is 1.28. The van der Waals surface area contributed by atoms with Crippen molar-refractivity contribution in [2.45, 2.75) is 24.7 Å². The summed E-state index contributed by atoms with van der Waals surface area (Å²) in [5.41, 5.74) is 0. The molecule has 0 saturated heterocycles. The van der Waals surface area contributed by atoms with E-state index < -0.39 is 11.6 Å². The number of amides is 1. The fourth-order valence-electron chi connectivity index (χ4n) is 1.18. The van der Waals surface area contributed by atoms with Gasteiger partial charge in [0.2, 0.25) is 5.91 Å². The SMILES string of the molecule is CCCNC(=O)CCSc1ccc(F)c(F)c1. The number of halogens is 2. The van der Waals surface area contributed by atoms with E-state index in [4.69, 9.17) is 0 Å². The fraction of sp³-hybridized carbons (Fsp3) is 0.417. The molecule has 17 heavy (non-hydrogen) atoms. The van der Waals surface area contributed by atoms with Gasteiger partial charge in [-0.3, -0.25) is 4.79 Å². The molecule has 1 aromatic carbocycles. The van der Waals surface area contributed by atoms with Gasteiger partial charge in [-0.25, -0.2) is 8.78 Å². The highest BCUT2D eigenvalue weighted by Gasteiger charge is 2.04. The van der Waals surface area contributed by atoms with Crippen LogP contribution in [0.1, 0.15) is 19.8 Å². The number of thioether (sulfide) groups is 1. The molecule has 0 radical (unpaired) electrons. The summed E-state index contributed by atoms with van der Waals surface area (Å²) in [5.74, 6) is -1.16. The van der Waals surface area contributed by atoms with Gasteiger partial charge >= 0.3 is 0 Å². The smallest absolute Gasteiger partial charge is 0.220 e. The van der Waals surface area contributed by atoms with Crippen molar-refractivity contribution in [2.24, 2.45) is 0 Å². The van der Waals surface area contributed by atoms with Crippen LogP contribution in [-0.2, 0) is 4.79 Å². The van der Waals surface area contributed by atoms with Crippen molar-refractivity contribution in [1.82, 2.24) is 5.32 Å². The van der Waals surface area contributed by atoms with E-state index in [1.807, 2.05) is 6.92 Å². The molecule has 5 heteroatoms. The molecule has 0 aliphatic rings. The zero-order chi connectivity index (χ0) is 12.7. The molecule has 0 fully saturated rings. The molecule has 0 aliphatic carbocycles. The van der Waals surface area contributed by atoms with Gasteiger partial charge in [-0.1, -0.05) is 6.92 Å². The lowest BCUT2D eigenvalue weighted by molar-refractivity contribution is -0.120. The Morgan fingerprint density at radius 3 is 2.76 bits per heavy atom. The Morgan fingerprint density at radius 2 is 2.12 bits per heavy atom. The molecule has 1 amide bonds. The summed E-state index contributed by atoms with van der Waals surface area (Å²) in [6.45, 7) is 2.66. The van der Waals surface area contributed by atoms with Crippen LogP contribution in [-0.4, -0.2) is 18.2 Å². The lowest BCUT2D eigenvalue weighted by atomic mass is 10.3. The van der Waals surface area contributed by atoms with Crippen molar-refractivity contribution < 1.29 is 13.6 Å². The third-order valence-corrected chi connectivity index (χ3v) is 3.06. The van der Waals surface area contributed by atoms with E-state index in [0.29, 0.717) is 23.6 Å². The molecule has 0 atom stereocenters. The van der Waals surface area contributed by atoms with Gasteiger partial charge in [-0.2, -0.15) is 0 Å². The summed E-state index contributed by atoms with van der Waals surface area (Å²) < 4.78 is 25.5. The van der Waals surface area contributed by atoms with Gasteiger partial charge in [0, 0.05) is 23.6 Å². The second-order valence-corrected chi connectivity index (χ2v) is 4.69. The van der Waals surface area contributed by atoms with Crippen LogP contribution in [0.5, 0.6) is 0 Å². The summed E-state index contributed by atoms with van der Waals surface area (Å²) in [5, 5.41) is 2.75. The highest BCUT2D eigenvalue weighted by Crippen LogP contribution is 2.20. The normalized spacial score (nSPS) is 10.3. The van der Waals surface area contributed by atoms with Gasteiger partial charge < -0.3 is 5.32 Å². The molecule has 1 N–H and O–H groups in total. The first-order valence-corrected chi connectivity index (χ1v) is 6.46. The standard InChI is InChI=1S/C12H15F2NOS/c1-2-6-15-12(16)5-7-17-9-3-4-10(13)11(14)8-9/h3-4,8H,2,5-7H2,1H3,(H,15,16). The largest absolute Gasteiger partial charge is 0.356 e. The number of hydrogen-bond acceptors (Lipinski definition) is 2. The molecule has 0 saturated carbocycles.